The number of ether oxygens (including phenoxy) is 1. The Hall–Kier alpha value is -1.84. The first-order valence-corrected chi connectivity index (χ1v) is 6.33. The minimum Gasteiger partial charge on any atom is -0.426 e. The number of nitrogens with one attached hydrogen (secondary N) is 1. The van der Waals surface area contributed by atoms with E-state index in [1.165, 1.54) is 6.42 Å². The molecule has 1 aliphatic carbocycles. The van der Waals surface area contributed by atoms with E-state index in [1.807, 2.05) is 0 Å². The van der Waals surface area contributed by atoms with Gasteiger partial charge in [-0.1, -0.05) is 31.4 Å². The number of hydrogen-bond donors (Lipinski definition) is 2. The van der Waals surface area contributed by atoms with Crippen molar-refractivity contribution in [3.8, 4) is 5.75 Å². The average Bonchev–Trinajstić information content (AvgIpc) is 2.40. The summed E-state index contributed by atoms with van der Waals surface area (Å²) in [4.78, 5) is 12.0. The van der Waals surface area contributed by atoms with E-state index in [0.29, 0.717) is 11.3 Å². The van der Waals surface area contributed by atoms with Crippen LogP contribution in [0.15, 0.2) is 24.3 Å². The molecule has 0 radical (unpaired) electrons. The molecule has 2 rings (SSSR count). The number of carbonyl (C=O) groups is 1. The SMILES string of the molecule is N=C(N)c1ccccc1OC(=O)C1CCCCC1. The Morgan fingerprint density at radius 1 is 1.22 bits per heavy atom. The van der Waals surface area contributed by atoms with Gasteiger partial charge in [-0.05, 0) is 25.0 Å². The van der Waals surface area contributed by atoms with E-state index in [4.69, 9.17) is 15.9 Å². The van der Waals surface area contributed by atoms with Crippen LogP contribution in [-0.4, -0.2) is 11.8 Å². The third-order valence-electron chi connectivity index (χ3n) is 3.33. The summed E-state index contributed by atoms with van der Waals surface area (Å²) in [6, 6.07) is 6.91. The van der Waals surface area contributed by atoms with Crippen molar-refractivity contribution in [2.75, 3.05) is 0 Å². The van der Waals surface area contributed by atoms with Crippen LogP contribution in [-0.2, 0) is 4.79 Å². The number of para-hydroxylation sites is 1. The number of amidine groups is 1. The summed E-state index contributed by atoms with van der Waals surface area (Å²) < 4.78 is 5.39. The molecule has 0 amide bonds. The number of hydrogen-bond acceptors (Lipinski definition) is 3. The fourth-order valence-corrected chi connectivity index (χ4v) is 2.31. The number of carbonyl (C=O) groups excluding carboxylic acids is 1. The molecule has 18 heavy (non-hydrogen) atoms. The Morgan fingerprint density at radius 2 is 1.89 bits per heavy atom. The third-order valence-corrected chi connectivity index (χ3v) is 3.33. The average molecular weight is 246 g/mol. The van der Waals surface area contributed by atoms with E-state index >= 15 is 0 Å². The summed E-state index contributed by atoms with van der Waals surface area (Å²) in [7, 11) is 0. The molecule has 0 unspecified atom stereocenters. The topological polar surface area (TPSA) is 76.2 Å². The van der Waals surface area contributed by atoms with Gasteiger partial charge >= 0.3 is 5.97 Å². The maximum atomic E-state index is 12.0. The van der Waals surface area contributed by atoms with Gasteiger partial charge < -0.3 is 10.5 Å². The molecule has 96 valence electrons. The fraction of sp³-hybridized carbons (Fsp3) is 0.429. The normalized spacial score (nSPS) is 16.2. The molecule has 1 fully saturated rings. The minimum absolute atomic E-state index is 0.00114. The largest absolute Gasteiger partial charge is 0.426 e. The number of nitrogen functional groups attached to an aromatic ring is 1. The van der Waals surface area contributed by atoms with Gasteiger partial charge in [0, 0.05) is 0 Å². The summed E-state index contributed by atoms with van der Waals surface area (Å²) in [5, 5.41) is 7.45. The summed E-state index contributed by atoms with van der Waals surface area (Å²) in [5.41, 5.74) is 5.93. The predicted molar refractivity (Wildman–Crippen MR) is 69.7 cm³/mol. The molecular weight excluding hydrogens is 228 g/mol. The zero-order valence-electron chi connectivity index (χ0n) is 10.3. The molecule has 1 aromatic carbocycles. The van der Waals surface area contributed by atoms with E-state index in [9.17, 15) is 4.79 Å². The standard InChI is InChI=1S/C14H18N2O2/c15-13(16)11-8-4-5-9-12(11)18-14(17)10-6-2-1-3-7-10/h4-5,8-10H,1-3,6-7H2,(H3,15,16). The molecule has 0 saturated heterocycles. The van der Waals surface area contributed by atoms with Crippen LogP contribution in [0, 0.1) is 11.3 Å². The van der Waals surface area contributed by atoms with Crippen molar-refractivity contribution in [3.63, 3.8) is 0 Å². The molecule has 0 bridgehead atoms. The van der Waals surface area contributed by atoms with Gasteiger partial charge in [-0.25, -0.2) is 0 Å². The van der Waals surface area contributed by atoms with Crippen molar-refractivity contribution >= 4 is 11.8 Å². The van der Waals surface area contributed by atoms with Gasteiger partial charge in [-0.15, -0.1) is 0 Å². The van der Waals surface area contributed by atoms with E-state index in [0.717, 1.165) is 25.7 Å². The lowest BCUT2D eigenvalue weighted by Crippen LogP contribution is -2.24. The van der Waals surface area contributed by atoms with Crippen LogP contribution in [0.5, 0.6) is 5.75 Å². The summed E-state index contributed by atoms with van der Waals surface area (Å²) in [6.07, 6.45) is 5.19. The van der Waals surface area contributed by atoms with Gasteiger partial charge in [0.2, 0.25) is 0 Å². The third kappa shape index (κ3) is 2.88. The Labute approximate surface area is 107 Å². The highest BCUT2D eigenvalue weighted by Gasteiger charge is 2.23. The lowest BCUT2D eigenvalue weighted by Gasteiger charge is -2.20. The number of esters is 1. The van der Waals surface area contributed by atoms with Crippen LogP contribution in [0.2, 0.25) is 0 Å². The van der Waals surface area contributed by atoms with Crippen molar-refractivity contribution in [1.29, 1.82) is 5.41 Å². The second kappa shape index (κ2) is 5.67. The molecule has 0 aliphatic heterocycles. The van der Waals surface area contributed by atoms with Gasteiger partial charge in [0.1, 0.15) is 11.6 Å². The quantitative estimate of drug-likeness (QED) is 0.372. The van der Waals surface area contributed by atoms with Crippen LogP contribution in [0.25, 0.3) is 0 Å². The first-order valence-electron chi connectivity index (χ1n) is 6.33. The van der Waals surface area contributed by atoms with Crippen LogP contribution in [0.4, 0.5) is 0 Å². The monoisotopic (exact) mass is 246 g/mol. The fourth-order valence-electron chi connectivity index (χ4n) is 2.31. The van der Waals surface area contributed by atoms with E-state index in [1.54, 1.807) is 24.3 Å². The smallest absolute Gasteiger partial charge is 0.314 e. The van der Waals surface area contributed by atoms with Crippen LogP contribution < -0.4 is 10.5 Å². The first-order chi connectivity index (χ1) is 8.68. The van der Waals surface area contributed by atoms with Crippen molar-refractivity contribution in [2.45, 2.75) is 32.1 Å². The first kappa shape index (κ1) is 12.6. The molecule has 1 aliphatic rings. The van der Waals surface area contributed by atoms with Gasteiger partial charge in [-0.3, -0.25) is 10.2 Å². The molecule has 4 nitrogen and oxygen atoms in total. The maximum absolute atomic E-state index is 12.0. The maximum Gasteiger partial charge on any atom is 0.314 e. The molecule has 0 aromatic heterocycles. The Balaban J connectivity index is 2.08. The van der Waals surface area contributed by atoms with Crippen molar-refractivity contribution in [1.82, 2.24) is 0 Å². The van der Waals surface area contributed by atoms with Crippen molar-refractivity contribution < 1.29 is 9.53 Å². The van der Waals surface area contributed by atoms with Crippen LogP contribution >= 0.6 is 0 Å². The molecule has 0 atom stereocenters. The molecule has 4 heteroatoms. The summed E-state index contributed by atoms with van der Waals surface area (Å²) >= 11 is 0. The summed E-state index contributed by atoms with van der Waals surface area (Å²) in [5.74, 6) is 0.116. The Bertz CT molecular complexity index is 451. The predicted octanol–water partition coefficient (Wildman–Crippen LogP) is 2.46. The number of rotatable bonds is 3. The highest BCUT2D eigenvalue weighted by Crippen LogP contribution is 2.26. The van der Waals surface area contributed by atoms with Crippen molar-refractivity contribution in [2.24, 2.45) is 11.7 Å². The number of benzene rings is 1. The molecule has 1 saturated carbocycles. The second-order valence-corrected chi connectivity index (χ2v) is 4.67. The van der Waals surface area contributed by atoms with Gasteiger partial charge in [0.15, 0.2) is 0 Å². The zero-order chi connectivity index (χ0) is 13.0. The van der Waals surface area contributed by atoms with Crippen molar-refractivity contribution in [3.05, 3.63) is 29.8 Å². The number of nitrogens with two attached hydrogens (primary N) is 1. The molecule has 0 heterocycles. The van der Waals surface area contributed by atoms with Gasteiger partial charge in [0.05, 0.1) is 11.5 Å². The highest BCUT2D eigenvalue weighted by atomic mass is 16.5. The second-order valence-electron chi connectivity index (χ2n) is 4.67. The highest BCUT2D eigenvalue weighted by molar-refractivity contribution is 5.98. The van der Waals surface area contributed by atoms with Gasteiger partial charge in [0.25, 0.3) is 0 Å². The minimum atomic E-state index is -0.191. The Morgan fingerprint density at radius 3 is 2.56 bits per heavy atom. The molecule has 1 aromatic rings. The lowest BCUT2D eigenvalue weighted by atomic mass is 9.89. The van der Waals surface area contributed by atoms with Crippen LogP contribution in [0.1, 0.15) is 37.7 Å². The summed E-state index contributed by atoms with van der Waals surface area (Å²) in [6.45, 7) is 0. The molecule has 0 spiro atoms. The Kier molecular flexibility index (Phi) is 3.97. The zero-order valence-corrected chi connectivity index (χ0v) is 10.3. The van der Waals surface area contributed by atoms with E-state index in [2.05, 4.69) is 0 Å². The van der Waals surface area contributed by atoms with Gasteiger partial charge in [-0.2, -0.15) is 0 Å². The van der Waals surface area contributed by atoms with E-state index in [-0.39, 0.29) is 17.7 Å². The van der Waals surface area contributed by atoms with Crippen LogP contribution in [0.3, 0.4) is 0 Å². The molecule has 3 N–H and O–H groups in total. The molecular formula is C14H18N2O2. The van der Waals surface area contributed by atoms with E-state index < -0.39 is 0 Å². The lowest BCUT2D eigenvalue weighted by molar-refractivity contribution is -0.139.